The third-order valence-electron chi connectivity index (χ3n) is 5.02. The van der Waals surface area contributed by atoms with Crippen LogP contribution in [-0.4, -0.2) is 42.4 Å². The Morgan fingerprint density at radius 3 is 2.86 bits per heavy atom. The second-order valence-corrected chi connectivity index (χ2v) is 6.53. The first-order valence-electron chi connectivity index (χ1n) is 8.33. The summed E-state index contributed by atoms with van der Waals surface area (Å²) in [5.41, 5.74) is 2.44. The van der Waals surface area contributed by atoms with Gasteiger partial charge in [-0.2, -0.15) is 0 Å². The van der Waals surface area contributed by atoms with Gasteiger partial charge in [-0.25, -0.2) is 0 Å². The number of aliphatic hydroxyl groups is 1. The molecule has 1 heterocycles. The lowest BCUT2D eigenvalue weighted by molar-refractivity contribution is -0.0247. The summed E-state index contributed by atoms with van der Waals surface area (Å²) >= 11 is 0. The summed E-state index contributed by atoms with van der Waals surface area (Å²) in [7, 11) is 2.14. The molecular weight excluding hydrogens is 262 g/mol. The zero-order chi connectivity index (χ0) is 14.7. The Kier molecular flexibility index (Phi) is 4.94. The minimum Gasteiger partial charge on any atom is -0.387 e. The van der Waals surface area contributed by atoms with Gasteiger partial charge in [0, 0.05) is 19.2 Å². The molecule has 3 unspecified atom stereocenters. The van der Waals surface area contributed by atoms with Crippen molar-refractivity contribution in [2.24, 2.45) is 0 Å². The lowest BCUT2D eigenvalue weighted by Gasteiger charge is -2.35. The maximum absolute atomic E-state index is 10.8. The van der Waals surface area contributed by atoms with E-state index in [4.69, 9.17) is 4.74 Å². The van der Waals surface area contributed by atoms with Gasteiger partial charge in [0.05, 0.1) is 12.2 Å². The summed E-state index contributed by atoms with van der Waals surface area (Å²) in [5.74, 6) is 0. The van der Waals surface area contributed by atoms with Crippen LogP contribution in [0.15, 0.2) is 24.3 Å². The van der Waals surface area contributed by atoms with Gasteiger partial charge in [0.25, 0.3) is 0 Å². The van der Waals surface area contributed by atoms with Crippen molar-refractivity contribution in [1.82, 2.24) is 4.90 Å². The van der Waals surface area contributed by atoms with Crippen LogP contribution < -0.4 is 0 Å². The van der Waals surface area contributed by atoms with Crippen molar-refractivity contribution in [2.75, 3.05) is 20.2 Å². The molecule has 116 valence electrons. The first kappa shape index (κ1) is 15.0. The number of nitrogens with zero attached hydrogens (tertiary/aromatic N) is 1. The minimum atomic E-state index is -0.378. The van der Waals surface area contributed by atoms with Crippen LogP contribution in [0, 0.1) is 0 Å². The van der Waals surface area contributed by atoms with Gasteiger partial charge in [-0.05, 0) is 56.7 Å². The average Bonchev–Trinajstić information content (AvgIpc) is 2.68. The number of benzene rings is 1. The van der Waals surface area contributed by atoms with Crippen molar-refractivity contribution in [2.45, 2.75) is 56.8 Å². The fourth-order valence-electron chi connectivity index (χ4n) is 3.79. The van der Waals surface area contributed by atoms with Gasteiger partial charge in [-0.1, -0.05) is 24.3 Å². The van der Waals surface area contributed by atoms with Gasteiger partial charge in [0.15, 0.2) is 0 Å². The highest BCUT2D eigenvalue weighted by Crippen LogP contribution is 2.31. The predicted molar refractivity (Wildman–Crippen MR) is 84.3 cm³/mol. The molecule has 21 heavy (non-hydrogen) atoms. The Bertz CT molecular complexity index is 456. The van der Waals surface area contributed by atoms with Gasteiger partial charge < -0.3 is 9.84 Å². The van der Waals surface area contributed by atoms with Crippen molar-refractivity contribution < 1.29 is 9.84 Å². The molecule has 0 radical (unpaired) electrons. The fourth-order valence-corrected chi connectivity index (χ4v) is 3.79. The van der Waals surface area contributed by atoms with Gasteiger partial charge >= 0.3 is 0 Å². The summed E-state index contributed by atoms with van der Waals surface area (Å²) in [4.78, 5) is 2.32. The molecule has 1 fully saturated rings. The molecule has 3 heteroatoms. The summed E-state index contributed by atoms with van der Waals surface area (Å²) in [5, 5.41) is 10.8. The maximum Gasteiger partial charge on any atom is 0.0947 e. The van der Waals surface area contributed by atoms with Crippen molar-refractivity contribution >= 4 is 0 Å². The zero-order valence-corrected chi connectivity index (χ0v) is 13.0. The van der Waals surface area contributed by atoms with Crippen LogP contribution in [0.25, 0.3) is 0 Å². The molecule has 1 N–H and O–H groups in total. The first-order valence-corrected chi connectivity index (χ1v) is 8.33. The van der Waals surface area contributed by atoms with Crippen molar-refractivity contribution in [3.05, 3.63) is 35.4 Å². The van der Waals surface area contributed by atoms with E-state index in [1.165, 1.54) is 18.4 Å². The molecule has 1 aromatic rings. The average molecular weight is 289 g/mol. The van der Waals surface area contributed by atoms with E-state index >= 15 is 0 Å². The topological polar surface area (TPSA) is 32.7 Å². The number of ether oxygens (including phenoxy) is 1. The van der Waals surface area contributed by atoms with Crippen LogP contribution >= 0.6 is 0 Å². The third-order valence-corrected chi connectivity index (χ3v) is 5.02. The van der Waals surface area contributed by atoms with Gasteiger partial charge in [-0.3, -0.25) is 4.90 Å². The molecule has 0 amide bonds. The Balaban J connectivity index is 1.69. The molecule has 3 nitrogen and oxygen atoms in total. The van der Waals surface area contributed by atoms with Crippen LogP contribution in [0.4, 0.5) is 0 Å². The molecule has 1 aromatic carbocycles. The lowest BCUT2D eigenvalue weighted by atomic mass is 9.97. The summed E-state index contributed by atoms with van der Waals surface area (Å²) in [6, 6.07) is 8.56. The van der Waals surface area contributed by atoms with Crippen LogP contribution in [0.2, 0.25) is 0 Å². The van der Waals surface area contributed by atoms with E-state index in [0.29, 0.717) is 6.10 Å². The number of fused-ring (bicyclic) bond motifs is 1. The Hall–Kier alpha value is -0.900. The SMILES string of the molecule is CN(CC1CCCCO1)C1CCCc2ccccc2C1O. The second kappa shape index (κ2) is 6.91. The fraction of sp³-hybridized carbons (Fsp3) is 0.667. The Morgan fingerprint density at radius 2 is 2.05 bits per heavy atom. The molecule has 0 bridgehead atoms. The van der Waals surface area contributed by atoms with E-state index in [1.54, 1.807) is 0 Å². The highest BCUT2D eigenvalue weighted by molar-refractivity contribution is 5.31. The number of hydrogen-bond donors (Lipinski definition) is 1. The van der Waals surface area contributed by atoms with Gasteiger partial charge in [-0.15, -0.1) is 0 Å². The summed E-state index contributed by atoms with van der Waals surface area (Å²) in [6.07, 6.45) is 6.87. The van der Waals surface area contributed by atoms with E-state index in [2.05, 4.69) is 30.1 Å². The summed E-state index contributed by atoms with van der Waals surface area (Å²) < 4.78 is 5.85. The number of likely N-dealkylation sites (N-methyl/N-ethyl adjacent to an activating group) is 1. The third kappa shape index (κ3) is 3.47. The maximum atomic E-state index is 10.8. The van der Waals surface area contributed by atoms with Crippen LogP contribution in [0.1, 0.15) is 49.3 Å². The predicted octanol–water partition coefficient (Wildman–Crippen LogP) is 2.93. The lowest BCUT2D eigenvalue weighted by Crippen LogP contribution is -2.42. The number of aliphatic hydroxyl groups excluding tert-OH is 1. The molecule has 1 aliphatic carbocycles. The zero-order valence-electron chi connectivity index (χ0n) is 13.0. The number of aryl methyl sites for hydroxylation is 1. The van der Waals surface area contributed by atoms with Crippen LogP contribution in [0.3, 0.4) is 0 Å². The van der Waals surface area contributed by atoms with E-state index in [0.717, 1.165) is 44.4 Å². The summed E-state index contributed by atoms with van der Waals surface area (Å²) in [6.45, 7) is 1.83. The van der Waals surface area contributed by atoms with E-state index in [9.17, 15) is 5.11 Å². The quantitative estimate of drug-likeness (QED) is 0.869. The van der Waals surface area contributed by atoms with E-state index < -0.39 is 0 Å². The number of rotatable bonds is 3. The smallest absolute Gasteiger partial charge is 0.0947 e. The molecule has 1 saturated heterocycles. The molecule has 1 aliphatic heterocycles. The van der Waals surface area contributed by atoms with Crippen LogP contribution in [-0.2, 0) is 11.2 Å². The largest absolute Gasteiger partial charge is 0.387 e. The Labute approximate surface area is 127 Å². The van der Waals surface area contributed by atoms with E-state index in [1.807, 2.05) is 6.07 Å². The Morgan fingerprint density at radius 1 is 1.19 bits per heavy atom. The van der Waals surface area contributed by atoms with Crippen molar-refractivity contribution in [3.63, 3.8) is 0 Å². The monoisotopic (exact) mass is 289 g/mol. The first-order chi connectivity index (χ1) is 10.3. The number of hydrogen-bond acceptors (Lipinski definition) is 3. The molecule has 0 spiro atoms. The van der Waals surface area contributed by atoms with Crippen LogP contribution in [0.5, 0.6) is 0 Å². The molecule has 3 atom stereocenters. The highest BCUT2D eigenvalue weighted by Gasteiger charge is 2.30. The van der Waals surface area contributed by atoms with E-state index in [-0.39, 0.29) is 12.1 Å². The minimum absolute atomic E-state index is 0.208. The normalized spacial score (nSPS) is 30.0. The second-order valence-electron chi connectivity index (χ2n) is 6.53. The molecule has 3 rings (SSSR count). The van der Waals surface area contributed by atoms with Gasteiger partial charge in [0.2, 0.25) is 0 Å². The van der Waals surface area contributed by atoms with Crippen molar-refractivity contribution in [3.8, 4) is 0 Å². The molecule has 2 aliphatic rings. The standard InChI is InChI=1S/C18H27NO2/c1-19(13-15-9-4-5-12-21-15)17-11-6-8-14-7-2-3-10-16(14)18(17)20/h2-3,7,10,15,17-18,20H,4-6,8-9,11-13H2,1H3. The molecule has 0 saturated carbocycles. The highest BCUT2D eigenvalue weighted by atomic mass is 16.5. The van der Waals surface area contributed by atoms with Gasteiger partial charge in [0.1, 0.15) is 0 Å². The van der Waals surface area contributed by atoms with Crippen molar-refractivity contribution in [1.29, 1.82) is 0 Å². The molecule has 0 aromatic heterocycles. The molecular formula is C18H27NO2.